The SMILES string of the molecule is C#C[C@]1(COP(=O)(N[C@@H](C)C(=O)OC(C)C)Oc2ccccc2)O[C@@H](C2C=CC(=O)NC2=O)[C@H](O)[C@@H]1O. The normalized spacial score (nSPS) is 29.8. The van der Waals surface area contributed by atoms with Crippen LogP contribution in [0.25, 0.3) is 0 Å². The molecule has 1 aromatic carbocycles. The van der Waals surface area contributed by atoms with Gasteiger partial charge in [-0.05, 0) is 32.9 Å². The van der Waals surface area contributed by atoms with Crippen molar-refractivity contribution in [3.8, 4) is 18.1 Å². The molecule has 0 saturated carbocycles. The molecule has 7 atom stereocenters. The summed E-state index contributed by atoms with van der Waals surface area (Å²) in [5.41, 5.74) is -2.06. The predicted molar refractivity (Wildman–Crippen MR) is 129 cm³/mol. The minimum absolute atomic E-state index is 0.136. The smallest absolute Gasteiger partial charge is 0.459 e. The summed E-state index contributed by atoms with van der Waals surface area (Å²) in [6.07, 6.45) is 2.74. The van der Waals surface area contributed by atoms with Gasteiger partial charge >= 0.3 is 13.7 Å². The number of hydrogen-bond acceptors (Lipinski definition) is 10. The first-order chi connectivity index (χ1) is 17.4. The Labute approximate surface area is 213 Å². The Kier molecular flexibility index (Phi) is 8.92. The lowest BCUT2D eigenvalue weighted by Gasteiger charge is -2.30. The topological polar surface area (TPSA) is 170 Å². The Morgan fingerprint density at radius 2 is 1.95 bits per heavy atom. The van der Waals surface area contributed by atoms with Gasteiger partial charge in [-0.3, -0.25) is 24.2 Å². The van der Waals surface area contributed by atoms with E-state index in [0.29, 0.717) is 0 Å². The van der Waals surface area contributed by atoms with Crippen LogP contribution in [0.1, 0.15) is 20.8 Å². The molecule has 2 aliphatic heterocycles. The first kappa shape index (κ1) is 28.5. The quantitative estimate of drug-likeness (QED) is 0.142. The van der Waals surface area contributed by atoms with Crippen LogP contribution in [0.4, 0.5) is 0 Å². The van der Waals surface area contributed by atoms with E-state index in [2.05, 4.69) is 16.3 Å². The zero-order valence-electron chi connectivity index (χ0n) is 20.4. The Morgan fingerprint density at radius 3 is 2.54 bits per heavy atom. The Balaban J connectivity index is 1.83. The maximum absolute atomic E-state index is 13.7. The first-order valence-corrected chi connectivity index (χ1v) is 13.0. The molecule has 0 radical (unpaired) electrons. The first-order valence-electron chi connectivity index (χ1n) is 11.4. The molecule has 1 saturated heterocycles. The number of carbonyl (C=O) groups excluding carboxylic acids is 3. The lowest BCUT2D eigenvalue weighted by Crippen LogP contribution is -2.47. The van der Waals surface area contributed by atoms with Crippen molar-refractivity contribution in [2.24, 2.45) is 5.92 Å². The van der Waals surface area contributed by atoms with Crippen LogP contribution in [0, 0.1) is 18.3 Å². The summed E-state index contributed by atoms with van der Waals surface area (Å²) >= 11 is 0. The van der Waals surface area contributed by atoms with Gasteiger partial charge in [0.2, 0.25) is 11.8 Å². The molecule has 12 nitrogen and oxygen atoms in total. The molecule has 13 heteroatoms. The second kappa shape index (κ2) is 11.6. The van der Waals surface area contributed by atoms with E-state index in [1.165, 1.54) is 25.1 Å². The summed E-state index contributed by atoms with van der Waals surface area (Å²) in [5, 5.41) is 25.9. The van der Waals surface area contributed by atoms with Crippen LogP contribution < -0.4 is 14.9 Å². The number of terminal acetylenes is 1. The summed E-state index contributed by atoms with van der Waals surface area (Å²) in [6.45, 7) is 3.92. The molecule has 2 heterocycles. The van der Waals surface area contributed by atoms with Gasteiger partial charge in [0.05, 0.1) is 12.0 Å². The monoisotopic (exact) mass is 536 g/mol. The highest BCUT2D eigenvalue weighted by Crippen LogP contribution is 2.47. The van der Waals surface area contributed by atoms with Crippen molar-refractivity contribution < 1.29 is 47.7 Å². The maximum Gasteiger partial charge on any atom is 0.459 e. The van der Waals surface area contributed by atoms with E-state index in [1.807, 2.05) is 0 Å². The van der Waals surface area contributed by atoms with E-state index in [9.17, 15) is 29.2 Å². The number of aliphatic hydroxyl groups excluding tert-OH is 2. The van der Waals surface area contributed by atoms with Gasteiger partial charge in [-0.1, -0.05) is 30.2 Å². The largest absolute Gasteiger partial charge is 0.462 e. The molecule has 0 spiro atoms. The van der Waals surface area contributed by atoms with E-state index < -0.39 is 74.1 Å². The summed E-state index contributed by atoms with van der Waals surface area (Å²) in [5.74, 6) is -0.916. The number of hydrogen-bond donors (Lipinski definition) is 4. The van der Waals surface area contributed by atoms with Crippen molar-refractivity contribution in [2.75, 3.05) is 6.61 Å². The average molecular weight is 536 g/mol. The number of para-hydroxylation sites is 1. The number of nitrogens with one attached hydrogen (secondary N) is 2. The Bertz CT molecular complexity index is 1130. The van der Waals surface area contributed by atoms with E-state index in [0.717, 1.165) is 6.08 Å². The number of amides is 2. The van der Waals surface area contributed by atoms with Crippen LogP contribution in [0.3, 0.4) is 0 Å². The fourth-order valence-electron chi connectivity index (χ4n) is 3.70. The van der Waals surface area contributed by atoms with Crippen LogP contribution in [0.5, 0.6) is 5.75 Å². The van der Waals surface area contributed by atoms with Gasteiger partial charge in [0, 0.05) is 6.08 Å². The van der Waals surface area contributed by atoms with Gasteiger partial charge in [0.25, 0.3) is 0 Å². The van der Waals surface area contributed by atoms with Crippen molar-refractivity contribution in [3.05, 3.63) is 42.5 Å². The highest BCUT2D eigenvalue weighted by molar-refractivity contribution is 7.52. The van der Waals surface area contributed by atoms with E-state index in [1.54, 1.807) is 32.0 Å². The van der Waals surface area contributed by atoms with Crippen molar-refractivity contribution in [1.29, 1.82) is 0 Å². The number of ether oxygens (including phenoxy) is 2. The summed E-state index contributed by atoms with van der Waals surface area (Å²) in [6, 6.07) is 6.81. The van der Waals surface area contributed by atoms with Crippen LogP contribution >= 0.6 is 7.75 Å². The summed E-state index contributed by atoms with van der Waals surface area (Å²) < 4.78 is 35.7. The second-order valence-electron chi connectivity index (χ2n) is 8.80. The van der Waals surface area contributed by atoms with Crippen molar-refractivity contribution in [2.45, 2.75) is 56.8 Å². The van der Waals surface area contributed by atoms with E-state index >= 15 is 0 Å². The highest BCUT2D eigenvalue weighted by Gasteiger charge is 2.57. The van der Waals surface area contributed by atoms with Gasteiger partial charge in [0.15, 0.2) is 5.60 Å². The number of carbonyl (C=O) groups is 3. The van der Waals surface area contributed by atoms with Gasteiger partial charge < -0.3 is 24.2 Å². The molecular formula is C24H29N2O10P. The lowest BCUT2D eigenvalue weighted by molar-refractivity contribution is -0.149. The number of benzene rings is 1. The molecule has 1 fully saturated rings. The Hall–Kier alpha value is -3.04. The van der Waals surface area contributed by atoms with Crippen molar-refractivity contribution >= 4 is 25.5 Å². The molecule has 0 bridgehead atoms. The number of rotatable bonds is 10. The van der Waals surface area contributed by atoms with E-state index in [-0.39, 0.29) is 5.75 Å². The van der Waals surface area contributed by atoms with Crippen LogP contribution in [0.15, 0.2) is 42.5 Å². The summed E-state index contributed by atoms with van der Waals surface area (Å²) in [4.78, 5) is 36.0. The molecule has 2 aliphatic rings. The lowest BCUT2D eigenvalue weighted by atomic mass is 9.90. The van der Waals surface area contributed by atoms with Gasteiger partial charge in [0.1, 0.15) is 36.7 Å². The molecule has 0 aromatic heterocycles. The third kappa shape index (κ3) is 6.64. The minimum atomic E-state index is -4.38. The fourth-order valence-corrected chi connectivity index (χ4v) is 5.22. The van der Waals surface area contributed by atoms with Crippen LogP contribution in [0.2, 0.25) is 0 Å². The van der Waals surface area contributed by atoms with Crippen molar-refractivity contribution in [3.63, 3.8) is 0 Å². The number of esters is 1. The maximum atomic E-state index is 13.7. The molecule has 1 aromatic rings. The molecule has 4 N–H and O–H groups in total. The second-order valence-corrected chi connectivity index (χ2v) is 10.5. The fraction of sp³-hybridized carbons (Fsp3) is 0.458. The molecule has 3 rings (SSSR count). The Morgan fingerprint density at radius 1 is 1.27 bits per heavy atom. The molecule has 0 aliphatic carbocycles. The summed E-state index contributed by atoms with van der Waals surface area (Å²) in [7, 11) is -4.38. The van der Waals surface area contributed by atoms with Gasteiger partial charge in [-0.2, -0.15) is 5.09 Å². The standard InChI is InChI=1S/C24H29N2O10P/c1-5-24(21(29)19(28)20(35-24)17-11-12-18(27)25-22(17)30)13-33-37(32,36-16-9-7-6-8-10-16)26-15(4)23(31)34-14(2)3/h1,6-12,14-15,17,19-21,28-29H,13H2,2-4H3,(H,26,32)(H,25,27,30)/t15-,17?,19-,20-,21-,24+,37?/m0/s1. The minimum Gasteiger partial charge on any atom is -0.462 e. The van der Waals surface area contributed by atoms with Crippen LogP contribution in [-0.4, -0.2) is 70.7 Å². The zero-order chi connectivity index (χ0) is 27.4. The van der Waals surface area contributed by atoms with E-state index in [4.69, 9.17) is 24.9 Å². The number of imide groups is 1. The molecule has 2 unspecified atom stereocenters. The van der Waals surface area contributed by atoms with Gasteiger partial charge in [-0.25, -0.2) is 4.57 Å². The third-order valence-electron chi connectivity index (χ3n) is 5.56. The van der Waals surface area contributed by atoms with Crippen LogP contribution in [-0.2, 0) is 32.9 Å². The zero-order valence-corrected chi connectivity index (χ0v) is 21.3. The number of aliphatic hydroxyl groups is 2. The molecular weight excluding hydrogens is 507 g/mol. The predicted octanol–water partition coefficient (Wildman–Crippen LogP) is 0.441. The molecule has 37 heavy (non-hydrogen) atoms. The average Bonchev–Trinajstić information content (AvgIpc) is 3.08. The van der Waals surface area contributed by atoms with Crippen molar-refractivity contribution in [1.82, 2.24) is 10.4 Å². The highest BCUT2D eigenvalue weighted by atomic mass is 31.2. The third-order valence-corrected chi connectivity index (χ3v) is 7.19. The molecule has 2 amide bonds. The molecule has 200 valence electrons. The van der Waals surface area contributed by atoms with Gasteiger partial charge in [-0.15, -0.1) is 6.42 Å².